The zero-order valence-corrected chi connectivity index (χ0v) is 13.3. The molecule has 136 valence electrons. The van der Waals surface area contributed by atoms with Crippen molar-refractivity contribution in [1.29, 1.82) is 0 Å². The fourth-order valence-corrected chi connectivity index (χ4v) is 2.16. The van der Waals surface area contributed by atoms with Gasteiger partial charge < -0.3 is 28.9 Å². The van der Waals surface area contributed by atoms with Gasteiger partial charge in [-0.1, -0.05) is 0 Å². The number of carbonyl (C=O) groups is 4. The SMILES string of the molecule is CC(=O)OC[C@H]1OC(O)[C@@H](OC(C)=O)[C@@H](OC(C)=O)C1NOC=O. The van der Waals surface area contributed by atoms with Crippen LogP contribution in [0.2, 0.25) is 0 Å². The number of aliphatic hydroxyl groups is 1. The maximum absolute atomic E-state index is 11.3. The summed E-state index contributed by atoms with van der Waals surface area (Å²) < 4.78 is 20.0. The molecule has 1 saturated heterocycles. The van der Waals surface area contributed by atoms with Crippen molar-refractivity contribution in [1.82, 2.24) is 5.48 Å². The Labute approximate surface area is 137 Å². The van der Waals surface area contributed by atoms with E-state index in [2.05, 4.69) is 10.3 Å². The number of rotatable bonds is 7. The fraction of sp³-hybridized carbons (Fsp3) is 0.692. The first kappa shape index (κ1) is 19.8. The van der Waals surface area contributed by atoms with Gasteiger partial charge in [-0.3, -0.25) is 19.2 Å². The van der Waals surface area contributed by atoms with Crippen molar-refractivity contribution in [2.45, 2.75) is 51.4 Å². The highest BCUT2D eigenvalue weighted by Crippen LogP contribution is 2.25. The molecule has 24 heavy (non-hydrogen) atoms. The molecular weight excluding hydrogens is 330 g/mol. The minimum Gasteiger partial charge on any atom is -0.463 e. The number of nitrogens with one attached hydrogen (secondary N) is 1. The Morgan fingerprint density at radius 2 is 1.67 bits per heavy atom. The highest BCUT2D eigenvalue weighted by Gasteiger charge is 2.50. The molecule has 2 N–H and O–H groups in total. The van der Waals surface area contributed by atoms with E-state index in [1.807, 2.05) is 0 Å². The molecular formula is C13H19NO10. The first-order valence-electron chi connectivity index (χ1n) is 6.92. The van der Waals surface area contributed by atoms with Crippen LogP contribution in [-0.4, -0.2) is 66.7 Å². The molecule has 11 nitrogen and oxygen atoms in total. The molecule has 1 aliphatic heterocycles. The summed E-state index contributed by atoms with van der Waals surface area (Å²) >= 11 is 0. The standard InChI is InChI=1S/C13H19NO10/c1-6(16)20-4-9-10(14-21-5-15)11(22-7(2)17)12(13(19)24-9)23-8(3)18/h5,9-14,19H,4H2,1-3H3/t9-,10?,11+,12+,13?/m1/s1. The van der Waals surface area contributed by atoms with Crippen LogP contribution in [0.15, 0.2) is 0 Å². The van der Waals surface area contributed by atoms with Crippen molar-refractivity contribution in [3.8, 4) is 0 Å². The van der Waals surface area contributed by atoms with Crippen LogP contribution in [0.25, 0.3) is 0 Å². The Morgan fingerprint density at radius 3 is 2.17 bits per heavy atom. The molecule has 0 aliphatic carbocycles. The van der Waals surface area contributed by atoms with Crippen LogP contribution < -0.4 is 5.48 Å². The monoisotopic (exact) mass is 349 g/mol. The Morgan fingerprint density at radius 1 is 1.08 bits per heavy atom. The Bertz CT molecular complexity index is 481. The van der Waals surface area contributed by atoms with E-state index in [1.54, 1.807) is 0 Å². The molecule has 0 bridgehead atoms. The molecule has 1 rings (SSSR count). The quantitative estimate of drug-likeness (QED) is 0.232. The second kappa shape index (κ2) is 9.15. The molecule has 0 aromatic heterocycles. The predicted molar refractivity (Wildman–Crippen MR) is 72.7 cm³/mol. The summed E-state index contributed by atoms with van der Waals surface area (Å²) in [6.07, 6.45) is -5.36. The van der Waals surface area contributed by atoms with Crippen LogP contribution in [0.1, 0.15) is 20.8 Å². The van der Waals surface area contributed by atoms with Crippen molar-refractivity contribution >= 4 is 24.4 Å². The van der Waals surface area contributed by atoms with E-state index in [0.29, 0.717) is 0 Å². The number of hydrogen-bond acceptors (Lipinski definition) is 11. The lowest BCUT2D eigenvalue weighted by Gasteiger charge is -2.42. The lowest BCUT2D eigenvalue weighted by molar-refractivity contribution is -0.280. The van der Waals surface area contributed by atoms with Gasteiger partial charge in [-0.2, -0.15) is 0 Å². The van der Waals surface area contributed by atoms with E-state index in [0.717, 1.165) is 20.8 Å². The highest BCUT2D eigenvalue weighted by molar-refractivity contribution is 5.67. The highest BCUT2D eigenvalue weighted by atomic mass is 16.7. The average molecular weight is 349 g/mol. The number of carbonyl (C=O) groups excluding carboxylic acids is 4. The smallest absolute Gasteiger partial charge is 0.312 e. The number of esters is 3. The topological polar surface area (TPSA) is 147 Å². The number of ether oxygens (including phenoxy) is 4. The van der Waals surface area contributed by atoms with Crippen LogP contribution in [0.4, 0.5) is 0 Å². The van der Waals surface area contributed by atoms with Gasteiger partial charge >= 0.3 is 24.4 Å². The molecule has 1 fully saturated rings. The average Bonchev–Trinajstić information content (AvgIpc) is 2.47. The Kier molecular flexibility index (Phi) is 7.55. The van der Waals surface area contributed by atoms with Gasteiger partial charge in [-0.05, 0) is 0 Å². The molecule has 2 unspecified atom stereocenters. The predicted octanol–water partition coefficient (Wildman–Crippen LogP) is -1.82. The number of hydroxylamine groups is 1. The van der Waals surface area contributed by atoms with Crippen molar-refractivity contribution in [3.05, 3.63) is 0 Å². The second-order valence-electron chi connectivity index (χ2n) is 4.87. The lowest BCUT2D eigenvalue weighted by atomic mass is 9.96. The van der Waals surface area contributed by atoms with Crippen LogP contribution in [-0.2, 0) is 43.0 Å². The largest absolute Gasteiger partial charge is 0.463 e. The van der Waals surface area contributed by atoms with Crippen LogP contribution in [0.5, 0.6) is 0 Å². The van der Waals surface area contributed by atoms with E-state index >= 15 is 0 Å². The summed E-state index contributed by atoms with van der Waals surface area (Å²) in [6.45, 7) is 3.09. The molecule has 1 heterocycles. The van der Waals surface area contributed by atoms with Gasteiger partial charge in [-0.15, -0.1) is 5.48 Å². The van der Waals surface area contributed by atoms with Crippen LogP contribution >= 0.6 is 0 Å². The van der Waals surface area contributed by atoms with Crippen LogP contribution in [0, 0.1) is 0 Å². The number of aliphatic hydroxyl groups excluding tert-OH is 1. The third-order valence-corrected chi connectivity index (χ3v) is 2.98. The summed E-state index contributed by atoms with van der Waals surface area (Å²) in [6, 6.07) is -1.08. The molecule has 5 atom stereocenters. The minimum atomic E-state index is -1.66. The van der Waals surface area contributed by atoms with E-state index in [-0.39, 0.29) is 13.1 Å². The zero-order chi connectivity index (χ0) is 18.3. The molecule has 1 aliphatic rings. The van der Waals surface area contributed by atoms with Crippen molar-refractivity contribution in [2.75, 3.05) is 6.61 Å². The molecule has 11 heteroatoms. The van der Waals surface area contributed by atoms with Gasteiger partial charge in [0.1, 0.15) is 18.8 Å². The molecule has 0 radical (unpaired) electrons. The fourth-order valence-electron chi connectivity index (χ4n) is 2.16. The molecule has 0 amide bonds. The van der Waals surface area contributed by atoms with Crippen LogP contribution in [0.3, 0.4) is 0 Å². The summed E-state index contributed by atoms with van der Waals surface area (Å²) in [7, 11) is 0. The normalized spacial score (nSPS) is 29.2. The van der Waals surface area contributed by atoms with E-state index < -0.39 is 48.6 Å². The van der Waals surface area contributed by atoms with Gasteiger partial charge in [0.05, 0.1) is 0 Å². The Hall–Kier alpha value is -2.24. The van der Waals surface area contributed by atoms with Gasteiger partial charge in [-0.25, -0.2) is 0 Å². The van der Waals surface area contributed by atoms with Crippen molar-refractivity contribution < 1.29 is 48.1 Å². The summed E-state index contributed by atoms with van der Waals surface area (Å²) in [4.78, 5) is 48.4. The van der Waals surface area contributed by atoms with Gasteiger partial charge in [0, 0.05) is 20.8 Å². The Balaban J connectivity index is 3.05. The summed E-state index contributed by atoms with van der Waals surface area (Å²) in [5, 5.41) is 10.0. The third kappa shape index (κ3) is 5.76. The molecule has 0 aromatic rings. The van der Waals surface area contributed by atoms with Crippen molar-refractivity contribution in [2.24, 2.45) is 0 Å². The molecule has 0 spiro atoms. The van der Waals surface area contributed by atoms with Gasteiger partial charge in [0.25, 0.3) is 0 Å². The lowest BCUT2D eigenvalue weighted by Crippen LogP contribution is -2.65. The van der Waals surface area contributed by atoms with E-state index in [1.165, 1.54) is 0 Å². The first-order valence-corrected chi connectivity index (χ1v) is 6.92. The van der Waals surface area contributed by atoms with Gasteiger partial charge in [0.15, 0.2) is 18.5 Å². The second-order valence-corrected chi connectivity index (χ2v) is 4.87. The number of hydrogen-bond donors (Lipinski definition) is 2. The minimum absolute atomic E-state index is 0.0690. The van der Waals surface area contributed by atoms with E-state index in [4.69, 9.17) is 18.9 Å². The maximum Gasteiger partial charge on any atom is 0.312 e. The van der Waals surface area contributed by atoms with Crippen molar-refractivity contribution in [3.63, 3.8) is 0 Å². The van der Waals surface area contributed by atoms with Gasteiger partial charge in [0.2, 0.25) is 0 Å². The van der Waals surface area contributed by atoms with E-state index in [9.17, 15) is 24.3 Å². The molecule has 0 aromatic carbocycles. The zero-order valence-electron chi connectivity index (χ0n) is 13.3. The molecule has 0 saturated carbocycles. The summed E-state index contributed by atoms with van der Waals surface area (Å²) in [5.74, 6) is -2.11. The maximum atomic E-state index is 11.3. The first-order chi connectivity index (χ1) is 11.3. The third-order valence-electron chi connectivity index (χ3n) is 2.98. The summed E-state index contributed by atoms with van der Waals surface area (Å²) in [5.41, 5.74) is 2.26.